The number of nitrogens with one attached hydrogen (secondary N) is 1. The summed E-state index contributed by atoms with van der Waals surface area (Å²) < 4.78 is 6.81. The lowest BCUT2D eigenvalue weighted by Crippen LogP contribution is -2.44. The highest BCUT2D eigenvalue weighted by molar-refractivity contribution is 5.87. The van der Waals surface area contributed by atoms with Crippen LogP contribution in [0.4, 0.5) is 0 Å². The highest BCUT2D eigenvalue weighted by Gasteiger charge is 2.45. The van der Waals surface area contributed by atoms with Crippen LogP contribution in [0.1, 0.15) is 49.4 Å². The SMILES string of the molecule is CC[C@@]1(O)C(=O)OCc2c1cc1n(c2=O)Cc2cc3cccc(CCNC(C)C)c3nc2-1. The fourth-order valence-electron chi connectivity index (χ4n) is 4.77. The second-order valence-corrected chi connectivity index (χ2v) is 8.95. The Hall–Kier alpha value is -3.03. The third-order valence-electron chi connectivity index (χ3n) is 6.57. The van der Waals surface area contributed by atoms with Gasteiger partial charge in [0.1, 0.15) is 6.61 Å². The summed E-state index contributed by atoms with van der Waals surface area (Å²) >= 11 is 0. The molecule has 7 heteroatoms. The van der Waals surface area contributed by atoms with Crippen LogP contribution in [0.2, 0.25) is 0 Å². The Labute approximate surface area is 186 Å². The van der Waals surface area contributed by atoms with Crippen molar-refractivity contribution in [1.29, 1.82) is 0 Å². The van der Waals surface area contributed by atoms with Crippen molar-refractivity contribution in [3.8, 4) is 11.4 Å². The molecule has 2 N–H and O–H groups in total. The molecule has 0 saturated heterocycles. The third-order valence-corrected chi connectivity index (χ3v) is 6.57. The van der Waals surface area contributed by atoms with E-state index in [1.807, 2.05) is 12.1 Å². The zero-order valence-electron chi connectivity index (χ0n) is 18.6. The summed E-state index contributed by atoms with van der Waals surface area (Å²) in [6, 6.07) is 10.4. The average molecular weight is 434 g/mol. The standard InChI is InChI=1S/C25H27N3O4/c1-4-25(31)19-11-20-22-17(12-28(20)23(29)18(19)13-32-24(25)30)10-16-7-5-6-15(21(16)27-22)8-9-26-14(2)3/h5-7,10-11,14,26,31H,4,8-9,12-13H2,1-3H3/t25-/m0/s1. The second-order valence-electron chi connectivity index (χ2n) is 8.95. The van der Waals surface area contributed by atoms with E-state index in [0.717, 1.165) is 40.7 Å². The second kappa shape index (κ2) is 7.53. The number of para-hydroxylation sites is 1. The van der Waals surface area contributed by atoms with Crippen LogP contribution < -0.4 is 10.9 Å². The van der Waals surface area contributed by atoms with Gasteiger partial charge in [-0.3, -0.25) is 4.79 Å². The molecule has 2 aromatic heterocycles. The Bertz CT molecular complexity index is 1310. The number of carbonyl (C=O) groups is 1. The minimum atomic E-state index is -1.81. The van der Waals surface area contributed by atoms with Crippen LogP contribution in [0.3, 0.4) is 0 Å². The van der Waals surface area contributed by atoms with E-state index < -0.39 is 11.6 Å². The maximum atomic E-state index is 13.3. The van der Waals surface area contributed by atoms with Crippen LogP contribution in [0.5, 0.6) is 0 Å². The molecule has 0 fully saturated rings. The van der Waals surface area contributed by atoms with Crippen molar-refractivity contribution in [2.24, 2.45) is 0 Å². The predicted octanol–water partition coefficient (Wildman–Crippen LogP) is 2.62. The van der Waals surface area contributed by atoms with Gasteiger partial charge in [0.25, 0.3) is 5.56 Å². The molecule has 5 rings (SSSR count). The maximum Gasteiger partial charge on any atom is 0.343 e. The van der Waals surface area contributed by atoms with Gasteiger partial charge >= 0.3 is 5.97 Å². The highest BCUT2D eigenvalue weighted by atomic mass is 16.6. The maximum absolute atomic E-state index is 13.3. The van der Waals surface area contributed by atoms with E-state index in [9.17, 15) is 14.7 Å². The summed E-state index contributed by atoms with van der Waals surface area (Å²) in [7, 11) is 0. The van der Waals surface area contributed by atoms with Crippen LogP contribution in [0.15, 0.2) is 35.1 Å². The van der Waals surface area contributed by atoms with Gasteiger partial charge in [0.15, 0.2) is 5.60 Å². The minimum absolute atomic E-state index is 0.117. The Kier molecular flexibility index (Phi) is 4.91. The number of carbonyl (C=O) groups excluding carboxylic acids is 1. The number of fused-ring (bicyclic) bond motifs is 5. The first-order valence-corrected chi connectivity index (χ1v) is 11.2. The molecule has 0 saturated carbocycles. The fraction of sp³-hybridized carbons (Fsp3) is 0.400. The van der Waals surface area contributed by atoms with E-state index in [2.05, 4.69) is 31.3 Å². The number of nitrogens with zero attached hydrogens (tertiary/aromatic N) is 2. The Morgan fingerprint density at radius 3 is 2.84 bits per heavy atom. The Balaban J connectivity index is 1.66. The van der Waals surface area contributed by atoms with Crippen molar-refractivity contribution in [3.05, 3.63) is 62.9 Å². The Morgan fingerprint density at radius 1 is 1.28 bits per heavy atom. The first kappa shape index (κ1) is 20.8. The van der Waals surface area contributed by atoms with Gasteiger partial charge < -0.3 is 19.7 Å². The van der Waals surface area contributed by atoms with Gasteiger partial charge in [0.2, 0.25) is 0 Å². The number of esters is 1. The summed E-state index contributed by atoms with van der Waals surface area (Å²) in [5, 5.41) is 15.5. The summed E-state index contributed by atoms with van der Waals surface area (Å²) in [6.45, 7) is 7.10. The van der Waals surface area contributed by atoms with E-state index in [0.29, 0.717) is 29.4 Å². The average Bonchev–Trinajstić information content (AvgIpc) is 3.13. The lowest BCUT2D eigenvalue weighted by molar-refractivity contribution is -0.172. The number of benzene rings is 1. The molecule has 2 aliphatic rings. The molecule has 0 aliphatic carbocycles. The van der Waals surface area contributed by atoms with Crippen molar-refractivity contribution in [1.82, 2.24) is 14.9 Å². The molecule has 32 heavy (non-hydrogen) atoms. The third kappa shape index (κ3) is 3.07. The zero-order valence-corrected chi connectivity index (χ0v) is 18.6. The fourth-order valence-corrected chi connectivity index (χ4v) is 4.77. The van der Waals surface area contributed by atoms with Crippen molar-refractivity contribution in [2.75, 3.05) is 6.54 Å². The van der Waals surface area contributed by atoms with Gasteiger partial charge in [-0.05, 0) is 37.1 Å². The number of hydrogen-bond donors (Lipinski definition) is 2. The molecular weight excluding hydrogens is 406 g/mol. The summed E-state index contributed by atoms with van der Waals surface area (Å²) in [6.07, 6.45) is 0.979. The van der Waals surface area contributed by atoms with E-state index in [-0.39, 0.29) is 18.6 Å². The van der Waals surface area contributed by atoms with Crippen LogP contribution in [-0.4, -0.2) is 33.2 Å². The number of pyridine rings is 2. The lowest BCUT2D eigenvalue weighted by Gasteiger charge is -2.31. The van der Waals surface area contributed by atoms with Crippen LogP contribution >= 0.6 is 0 Å². The molecule has 0 bridgehead atoms. The van der Waals surface area contributed by atoms with Crippen LogP contribution in [-0.2, 0) is 34.7 Å². The number of aromatic nitrogens is 2. The summed E-state index contributed by atoms with van der Waals surface area (Å²) in [5.74, 6) is -0.707. The van der Waals surface area contributed by atoms with E-state index in [1.54, 1.807) is 17.6 Å². The number of ether oxygens (including phenoxy) is 1. The Morgan fingerprint density at radius 2 is 2.09 bits per heavy atom. The van der Waals surface area contributed by atoms with Gasteiger partial charge in [-0.1, -0.05) is 39.0 Å². The minimum Gasteiger partial charge on any atom is -0.458 e. The van der Waals surface area contributed by atoms with Crippen LogP contribution in [0, 0.1) is 0 Å². The number of cyclic esters (lactones) is 1. The molecule has 1 atom stereocenters. The van der Waals surface area contributed by atoms with Gasteiger partial charge in [0.05, 0.1) is 29.0 Å². The number of hydrogen-bond acceptors (Lipinski definition) is 6. The molecule has 0 spiro atoms. The van der Waals surface area contributed by atoms with Crippen molar-refractivity contribution in [2.45, 2.75) is 58.4 Å². The number of aliphatic hydroxyl groups is 1. The molecule has 0 radical (unpaired) electrons. The molecule has 1 aromatic carbocycles. The molecular formula is C25H27N3O4. The van der Waals surface area contributed by atoms with E-state index in [1.165, 1.54) is 0 Å². The smallest absolute Gasteiger partial charge is 0.343 e. The van der Waals surface area contributed by atoms with Gasteiger partial charge in [0, 0.05) is 22.6 Å². The van der Waals surface area contributed by atoms with Gasteiger partial charge in [-0.25, -0.2) is 9.78 Å². The first-order chi connectivity index (χ1) is 15.3. The monoisotopic (exact) mass is 433 g/mol. The van der Waals surface area contributed by atoms with Gasteiger partial charge in [-0.2, -0.15) is 0 Å². The van der Waals surface area contributed by atoms with Crippen LogP contribution in [0.25, 0.3) is 22.3 Å². The molecule has 2 aliphatic heterocycles. The van der Waals surface area contributed by atoms with E-state index >= 15 is 0 Å². The first-order valence-electron chi connectivity index (χ1n) is 11.2. The normalized spacial score (nSPS) is 19.1. The molecule has 4 heterocycles. The molecule has 0 unspecified atom stereocenters. The molecule has 166 valence electrons. The summed E-state index contributed by atoms with van der Waals surface area (Å²) in [4.78, 5) is 30.6. The molecule has 7 nitrogen and oxygen atoms in total. The zero-order chi connectivity index (χ0) is 22.6. The topological polar surface area (TPSA) is 93.5 Å². The molecule has 0 amide bonds. The van der Waals surface area contributed by atoms with E-state index in [4.69, 9.17) is 9.72 Å². The van der Waals surface area contributed by atoms with Crippen molar-refractivity contribution in [3.63, 3.8) is 0 Å². The lowest BCUT2D eigenvalue weighted by atomic mass is 9.86. The number of rotatable bonds is 5. The summed E-state index contributed by atoms with van der Waals surface area (Å²) in [5.41, 5.74) is 3.04. The molecule has 3 aromatic rings. The largest absolute Gasteiger partial charge is 0.458 e. The highest BCUT2D eigenvalue weighted by Crippen LogP contribution is 2.38. The predicted molar refractivity (Wildman–Crippen MR) is 121 cm³/mol. The van der Waals surface area contributed by atoms with Crippen molar-refractivity contribution < 1.29 is 14.6 Å². The van der Waals surface area contributed by atoms with Crippen molar-refractivity contribution >= 4 is 16.9 Å². The van der Waals surface area contributed by atoms with Gasteiger partial charge in [-0.15, -0.1) is 0 Å². The quantitative estimate of drug-likeness (QED) is 0.470.